The Labute approximate surface area is 84.4 Å². The van der Waals surface area contributed by atoms with Crippen molar-refractivity contribution in [3.8, 4) is 0 Å². The van der Waals surface area contributed by atoms with Gasteiger partial charge in [-0.25, -0.2) is 0 Å². The van der Waals surface area contributed by atoms with E-state index in [0.29, 0.717) is 0 Å². The zero-order valence-corrected chi connectivity index (χ0v) is 10.1. The molecule has 0 heteroatoms. The molecule has 0 heterocycles. The van der Waals surface area contributed by atoms with Gasteiger partial charge in [0.1, 0.15) is 0 Å². The van der Waals surface area contributed by atoms with Crippen LogP contribution in [-0.4, -0.2) is 0 Å². The van der Waals surface area contributed by atoms with Crippen molar-refractivity contribution in [1.82, 2.24) is 0 Å². The Hall–Kier alpha value is -0.260. The molecular weight excluding hydrogens is 156 g/mol. The van der Waals surface area contributed by atoms with E-state index >= 15 is 0 Å². The van der Waals surface area contributed by atoms with Crippen LogP contribution in [0.2, 0.25) is 0 Å². The summed E-state index contributed by atoms with van der Waals surface area (Å²) in [6, 6.07) is 0. The molecule has 0 aliphatic rings. The minimum Gasteiger partial charge on any atom is -0.0882 e. The summed E-state index contributed by atoms with van der Waals surface area (Å²) >= 11 is 0. The van der Waals surface area contributed by atoms with Gasteiger partial charge in [-0.05, 0) is 31.6 Å². The van der Waals surface area contributed by atoms with Crippen molar-refractivity contribution in [3.63, 3.8) is 0 Å². The standard InChI is InChI=1S/C13H26/c1-6-9-11(4)10-13(8-3)12(5)7-2/h8,11-12H,6-7,9-10H2,1-5H3. The maximum Gasteiger partial charge on any atom is -0.0234 e. The highest BCUT2D eigenvalue weighted by Crippen LogP contribution is 2.24. The van der Waals surface area contributed by atoms with Crippen molar-refractivity contribution in [2.45, 2.75) is 60.3 Å². The van der Waals surface area contributed by atoms with Crippen LogP contribution in [0.5, 0.6) is 0 Å². The number of rotatable bonds is 6. The Kier molecular flexibility index (Phi) is 7.03. The van der Waals surface area contributed by atoms with E-state index in [4.69, 9.17) is 0 Å². The average Bonchev–Trinajstić information content (AvgIpc) is 2.13. The van der Waals surface area contributed by atoms with Gasteiger partial charge in [0.05, 0.1) is 0 Å². The van der Waals surface area contributed by atoms with Crippen LogP contribution in [0.4, 0.5) is 0 Å². The number of hydrogen-bond donors (Lipinski definition) is 0. The van der Waals surface area contributed by atoms with E-state index in [-0.39, 0.29) is 0 Å². The molecule has 2 atom stereocenters. The van der Waals surface area contributed by atoms with Crippen molar-refractivity contribution in [2.24, 2.45) is 11.8 Å². The van der Waals surface area contributed by atoms with E-state index < -0.39 is 0 Å². The van der Waals surface area contributed by atoms with Gasteiger partial charge in [0.25, 0.3) is 0 Å². The third-order valence-electron chi connectivity index (χ3n) is 2.98. The summed E-state index contributed by atoms with van der Waals surface area (Å²) in [5.41, 5.74) is 1.66. The first-order chi connectivity index (χ1) is 6.15. The van der Waals surface area contributed by atoms with E-state index in [1.165, 1.54) is 25.7 Å². The molecule has 0 bridgehead atoms. The van der Waals surface area contributed by atoms with Crippen LogP contribution < -0.4 is 0 Å². The Balaban J connectivity index is 3.98. The molecule has 0 amide bonds. The molecule has 0 aromatic heterocycles. The number of hydrogen-bond acceptors (Lipinski definition) is 0. The highest BCUT2D eigenvalue weighted by atomic mass is 14.1. The quantitative estimate of drug-likeness (QED) is 0.517. The lowest BCUT2D eigenvalue weighted by molar-refractivity contribution is 0.485. The molecule has 0 spiro atoms. The van der Waals surface area contributed by atoms with Crippen molar-refractivity contribution in [3.05, 3.63) is 11.6 Å². The lowest BCUT2D eigenvalue weighted by Gasteiger charge is -2.18. The Morgan fingerprint density at radius 1 is 1.23 bits per heavy atom. The zero-order valence-electron chi connectivity index (χ0n) is 10.1. The lowest BCUT2D eigenvalue weighted by atomic mass is 9.88. The van der Waals surface area contributed by atoms with Gasteiger partial charge in [-0.2, -0.15) is 0 Å². The molecule has 0 aliphatic carbocycles. The fraction of sp³-hybridized carbons (Fsp3) is 0.846. The van der Waals surface area contributed by atoms with Crippen LogP contribution in [0.15, 0.2) is 11.6 Å². The van der Waals surface area contributed by atoms with E-state index in [1.54, 1.807) is 5.57 Å². The fourth-order valence-corrected chi connectivity index (χ4v) is 1.86. The SMILES string of the molecule is CC=C(CC(C)CCC)C(C)CC. The third-order valence-corrected chi connectivity index (χ3v) is 2.98. The smallest absolute Gasteiger partial charge is 0.0234 e. The van der Waals surface area contributed by atoms with Crippen LogP contribution in [-0.2, 0) is 0 Å². The van der Waals surface area contributed by atoms with Crippen molar-refractivity contribution < 1.29 is 0 Å². The summed E-state index contributed by atoms with van der Waals surface area (Å²) in [6.07, 6.45) is 7.59. The van der Waals surface area contributed by atoms with Gasteiger partial charge in [0.15, 0.2) is 0 Å². The largest absolute Gasteiger partial charge is 0.0882 e. The molecule has 0 rings (SSSR count). The molecule has 0 nitrogen and oxygen atoms in total. The topological polar surface area (TPSA) is 0 Å². The molecule has 0 saturated carbocycles. The second-order valence-corrected chi connectivity index (χ2v) is 4.27. The Morgan fingerprint density at radius 2 is 1.85 bits per heavy atom. The lowest BCUT2D eigenvalue weighted by Crippen LogP contribution is -2.03. The Morgan fingerprint density at radius 3 is 2.23 bits per heavy atom. The first-order valence-electron chi connectivity index (χ1n) is 5.80. The van der Waals surface area contributed by atoms with Gasteiger partial charge >= 0.3 is 0 Å². The highest BCUT2D eigenvalue weighted by molar-refractivity contribution is 5.04. The van der Waals surface area contributed by atoms with Gasteiger partial charge in [-0.1, -0.05) is 52.2 Å². The van der Waals surface area contributed by atoms with E-state index in [2.05, 4.69) is 40.7 Å². The predicted molar refractivity (Wildman–Crippen MR) is 61.9 cm³/mol. The molecule has 0 saturated heterocycles. The van der Waals surface area contributed by atoms with Crippen LogP contribution in [0.3, 0.4) is 0 Å². The molecule has 13 heavy (non-hydrogen) atoms. The highest BCUT2D eigenvalue weighted by Gasteiger charge is 2.09. The van der Waals surface area contributed by atoms with E-state index in [1.807, 2.05) is 0 Å². The number of allylic oxidation sites excluding steroid dienone is 2. The summed E-state index contributed by atoms with van der Waals surface area (Å²) in [7, 11) is 0. The van der Waals surface area contributed by atoms with Crippen molar-refractivity contribution in [1.29, 1.82) is 0 Å². The molecule has 0 radical (unpaired) electrons. The van der Waals surface area contributed by atoms with Crippen molar-refractivity contribution in [2.75, 3.05) is 0 Å². The first kappa shape index (κ1) is 12.7. The fourth-order valence-electron chi connectivity index (χ4n) is 1.86. The summed E-state index contributed by atoms with van der Waals surface area (Å²) in [5.74, 6) is 1.65. The molecule has 0 aliphatic heterocycles. The monoisotopic (exact) mass is 182 g/mol. The maximum atomic E-state index is 2.37. The van der Waals surface area contributed by atoms with Gasteiger partial charge in [-0.15, -0.1) is 0 Å². The van der Waals surface area contributed by atoms with E-state index in [9.17, 15) is 0 Å². The van der Waals surface area contributed by atoms with Gasteiger partial charge in [0, 0.05) is 0 Å². The molecule has 0 fully saturated rings. The molecule has 0 aromatic rings. The van der Waals surface area contributed by atoms with Gasteiger partial charge in [0.2, 0.25) is 0 Å². The minimum atomic E-state index is 0.782. The zero-order chi connectivity index (χ0) is 10.3. The maximum absolute atomic E-state index is 2.37. The molecule has 0 aromatic carbocycles. The molecule has 78 valence electrons. The van der Waals surface area contributed by atoms with Crippen LogP contribution in [0.1, 0.15) is 60.3 Å². The van der Waals surface area contributed by atoms with Crippen molar-refractivity contribution >= 4 is 0 Å². The van der Waals surface area contributed by atoms with Crippen LogP contribution in [0.25, 0.3) is 0 Å². The second kappa shape index (κ2) is 7.17. The predicted octanol–water partition coefficient (Wildman–Crippen LogP) is 4.81. The summed E-state index contributed by atoms with van der Waals surface area (Å²) < 4.78 is 0. The molecule has 2 unspecified atom stereocenters. The summed E-state index contributed by atoms with van der Waals surface area (Å²) in [4.78, 5) is 0. The summed E-state index contributed by atoms with van der Waals surface area (Å²) in [5, 5.41) is 0. The average molecular weight is 182 g/mol. The minimum absolute atomic E-state index is 0.782. The third kappa shape index (κ3) is 5.13. The van der Waals surface area contributed by atoms with Crippen LogP contribution >= 0.6 is 0 Å². The molecular formula is C13H26. The van der Waals surface area contributed by atoms with Gasteiger partial charge in [-0.3, -0.25) is 0 Å². The molecule has 0 N–H and O–H groups in total. The second-order valence-electron chi connectivity index (χ2n) is 4.27. The normalized spacial score (nSPS) is 17.2. The van der Waals surface area contributed by atoms with Gasteiger partial charge < -0.3 is 0 Å². The van der Waals surface area contributed by atoms with Crippen LogP contribution in [0, 0.1) is 11.8 Å². The van der Waals surface area contributed by atoms with E-state index in [0.717, 1.165) is 11.8 Å². The Bertz CT molecular complexity index is 144. The summed E-state index contributed by atoms with van der Waals surface area (Å²) in [6.45, 7) is 11.4. The first-order valence-corrected chi connectivity index (χ1v) is 5.80.